The fourth-order valence-corrected chi connectivity index (χ4v) is 6.22. The maximum absolute atomic E-state index is 13.3. The van der Waals surface area contributed by atoms with Crippen molar-refractivity contribution < 1.29 is 23.1 Å². The van der Waals surface area contributed by atoms with Crippen molar-refractivity contribution in [3.05, 3.63) is 54.6 Å². The molecule has 3 heterocycles. The van der Waals surface area contributed by atoms with E-state index in [2.05, 4.69) is 9.97 Å². The van der Waals surface area contributed by atoms with Crippen LogP contribution >= 0.6 is 0 Å². The third kappa shape index (κ3) is 4.11. The normalized spacial score (nSPS) is 19.4. The average Bonchev–Trinajstić information content (AvgIpc) is 3.47. The molecule has 1 aliphatic carbocycles. The fraction of sp³-hybridized carbons (Fsp3) is 0.400. The van der Waals surface area contributed by atoms with E-state index in [-0.39, 0.29) is 23.1 Å². The van der Waals surface area contributed by atoms with Gasteiger partial charge in [-0.25, -0.2) is 27.2 Å². The number of nitrogens with zero attached hydrogens (tertiary/aromatic N) is 5. The molecule has 0 aliphatic heterocycles. The Balaban J connectivity index is 1.57. The molecule has 190 valence electrons. The molecule has 0 saturated heterocycles. The SMILES string of the molecule is C[C@@H](O)c1nc2cnc3c(ccn3S(=O)(=O)c3ccccc3)c2n1C1CCC(OC(=O)N(C)C)CC1. The molecule has 1 aromatic carbocycles. The molecule has 11 heteroatoms. The van der Waals surface area contributed by atoms with E-state index in [0.29, 0.717) is 35.2 Å². The first-order chi connectivity index (χ1) is 17.2. The van der Waals surface area contributed by atoms with Gasteiger partial charge in [0.1, 0.15) is 23.5 Å². The van der Waals surface area contributed by atoms with Crippen LogP contribution in [0.1, 0.15) is 50.6 Å². The van der Waals surface area contributed by atoms with Crippen LogP contribution in [0.4, 0.5) is 4.79 Å². The van der Waals surface area contributed by atoms with Crippen LogP contribution < -0.4 is 0 Å². The van der Waals surface area contributed by atoms with Crippen molar-refractivity contribution in [3.8, 4) is 0 Å². The number of pyridine rings is 1. The third-order valence-electron chi connectivity index (χ3n) is 6.67. The maximum Gasteiger partial charge on any atom is 0.409 e. The first kappa shape index (κ1) is 24.3. The standard InChI is InChI=1S/C25H29N5O5S/c1-16(31)23-27-21-15-26-24-20(13-14-29(24)36(33,34)19-7-5-4-6-8-19)22(21)30(23)17-9-11-18(12-10-17)35-25(32)28(2)3/h4-8,13-18,31H,9-12H2,1-3H3/t16-,17?,18?/m1/s1. The summed E-state index contributed by atoms with van der Waals surface area (Å²) in [7, 11) is -0.528. The van der Waals surface area contributed by atoms with Gasteiger partial charge in [0, 0.05) is 31.7 Å². The van der Waals surface area contributed by atoms with Gasteiger partial charge in [-0.3, -0.25) is 0 Å². The van der Waals surface area contributed by atoms with Gasteiger partial charge in [0.15, 0.2) is 5.65 Å². The second kappa shape index (κ2) is 9.21. The Morgan fingerprint density at radius 2 is 1.83 bits per heavy atom. The summed E-state index contributed by atoms with van der Waals surface area (Å²) < 4.78 is 35.4. The number of imidazole rings is 1. The van der Waals surface area contributed by atoms with Crippen molar-refractivity contribution >= 4 is 38.2 Å². The highest BCUT2D eigenvalue weighted by atomic mass is 32.2. The Kier molecular flexibility index (Phi) is 6.21. The van der Waals surface area contributed by atoms with E-state index < -0.39 is 16.1 Å². The minimum Gasteiger partial charge on any atom is -0.446 e. The van der Waals surface area contributed by atoms with E-state index in [1.54, 1.807) is 63.6 Å². The molecule has 0 spiro atoms. The quantitative estimate of drug-likeness (QED) is 0.432. The van der Waals surface area contributed by atoms with Crippen LogP contribution in [0.25, 0.3) is 22.1 Å². The zero-order chi connectivity index (χ0) is 25.6. The van der Waals surface area contributed by atoms with E-state index >= 15 is 0 Å². The molecule has 0 unspecified atom stereocenters. The zero-order valence-corrected chi connectivity index (χ0v) is 21.2. The van der Waals surface area contributed by atoms with Crippen molar-refractivity contribution in [2.24, 2.45) is 0 Å². The number of benzene rings is 1. The second-order valence-corrected chi connectivity index (χ2v) is 11.2. The van der Waals surface area contributed by atoms with Gasteiger partial charge in [0.25, 0.3) is 10.0 Å². The minimum atomic E-state index is -3.84. The molecule has 1 saturated carbocycles. The number of aliphatic hydroxyl groups is 1. The molecule has 1 atom stereocenters. The Morgan fingerprint density at radius 3 is 2.47 bits per heavy atom. The van der Waals surface area contributed by atoms with Crippen molar-refractivity contribution in [1.29, 1.82) is 0 Å². The van der Waals surface area contributed by atoms with Crippen LogP contribution in [0, 0.1) is 0 Å². The molecule has 1 N–H and O–H groups in total. The number of hydrogen-bond acceptors (Lipinski definition) is 7. The second-order valence-electron chi connectivity index (χ2n) is 9.38. The van der Waals surface area contributed by atoms with Crippen molar-refractivity contribution in [2.75, 3.05) is 14.1 Å². The van der Waals surface area contributed by atoms with Crippen LogP contribution in [-0.4, -0.2) is 63.2 Å². The van der Waals surface area contributed by atoms with Crippen LogP contribution in [0.3, 0.4) is 0 Å². The number of amides is 1. The highest BCUT2D eigenvalue weighted by Crippen LogP contribution is 2.38. The van der Waals surface area contributed by atoms with Gasteiger partial charge in [-0.15, -0.1) is 0 Å². The molecule has 36 heavy (non-hydrogen) atoms. The smallest absolute Gasteiger partial charge is 0.409 e. The maximum atomic E-state index is 13.3. The molecular weight excluding hydrogens is 482 g/mol. The lowest BCUT2D eigenvalue weighted by Crippen LogP contribution is -2.31. The Hall–Kier alpha value is -3.44. The molecule has 5 rings (SSSR count). The molecule has 10 nitrogen and oxygen atoms in total. The molecule has 1 aliphatic rings. The van der Waals surface area contributed by atoms with E-state index in [4.69, 9.17) is 4.74 Å². The summed E-state index contributed by atoms with van der Waals surface area (Å²) in [6.07, 6.45) is 4.53. The largest absolute Gasteiger partial charge is 0.446 e. The van der Waals surface area contributed by atoms with Gasteiger partial charge in [0.05, 0.1) is 16.6 Å². The summed E-state index contributed by atoms with van der Waals surface area (Å²) in [5.74, 6) is 0.506. The van der Waals surface area contributed by atoms with E-state index in [1.807, 2.05) is 4.57 Å². The Bertz CT molecular complexity index is 1520. The topological polar surface area (TPSA) is 120 Å². The predicted molar refractivity (Wildman–Crippen MR) is 134 cm³/mol. The lowest BCUT2D eigenvalue weighted by molar-refractivity contribution is 0.0473. The lowest BCUT2D eigenvalue weighted by atomic mass is 9.92. The summed E-state index contributed by atoms with van der Waals surface area (Å²) in [6.45, 7) is 1.66. The van der Waals surface area contributed by atoms with Gasteiger partial charge in [-0.1, -0.05) is 18.2 Å². The summed E-state index contributed by atoms with van der Waals surface area (Å²) in [4.78, 5) is 22.7. The first-order valence-electron chi connectivity index (χ1n) is 11.9. The Labute approximate surface area is 209 Å². The zero-order valence-electron chi connectivity index (χ0n) is 20.4. The highest BCUT2D eigenvalue weighted by molar-refractivity contribution is 7.90. The van der Waals surface area contributed by atoms with Crippen LogP contribution in [-0.2, 0) is 14.8 Å². The van der Waals surface area contributed by atoms with Crippen molar-refractivity contribution in [3.63, 3.8) is 0 Å². The fourth-order valence-electron chi connectivity index (χ4n) is 4.90. The van der Waals surface area contributed by atoms with E-state index in [1.165, 1.54) is 15.1 Å². The van der Waals surface area contributed by atoms with Crippen molar-refractivity contribution in [2.45, 2.75) is 55.8 Å². The van der Waals surface area contributed by atoms with E-state index in [9.17, 15) is 18.3 Å². The minimum absolute atomic E-state index is 0.00795. The molecule has 1 amide bonds. The van der Waals surface area contributed by atoms with Gasteiger partial charge < -0.3 is 19.3 Å². The number of rotatable bonds is 5. The number of carbonyl (C=O) groups excluding carboxylic acids is 1. The molecular formula is C25H29N5O5S. The summed E-state index contributed by atoms with van der Waals surface area (Å²) in [5, 5.41) is 11.2. The van der Waals surface area contributed by atoms with Crippen LogP contribution in [0.15, 0.2) is 53.7 Å². The molecule has 1 fully saturated rings. The van der Waals surface area contributed by atoms with Crippen molar-refractivity contribution in [1.82, 2.24) is 23.4 Å². The number of fused-ring (bicyclic) bond motifs is 3. The first-order valence-corrected chi connectivity index (χ1v) is 13.4. The number of carbonyl (C=O) groups is 1. The summed E-state index contributed by atoms with van der Waals surface area (Å²) in [6, 6.07) is 9.98. The number of hydrogen-bond donors (Lipinski definition) is 1. The lowest BCUT2D eigenvalue weighted by Gasteiger charge is -2.31. The molecule has 4 aromatic rings. The summed E-state index contributed by atoms with van der Waals surface area (Å²) >= 11 is 0. The monoisotopic (exact) mass is 511 g/mol. The highest BCUT2D eigenvalue weighted by Gasteiger charge is 2.30. The third-order valence-corrected chi connectivity index (χ3v) is 8.35. The number of aliphatic hydroxyl groups excluding tert-OH is 1. The summed E-state index contributed by atoms with van der Waals surface area (Å²) in [5.41, 5.74) is 1.64. The molecule has 0 radical (unpaired) electrons. The number of aromatic nitrogens is 4. The number of ether oxygens (including phenoxy) is 1. The predicted octanol–water partition coefficient (Wildman–Crippen LogP) is 3.86. The van der Waals surface area contributed by atoms with Crippen LogP contribution in [0.5, 0.6) is 0 Å². The van der Waals surface area contributed by atoms with Gasteiger partial charge in [0.2, 0.25) is 0 Å². The van der Waals surface area contributed by atoms with Crippen LogP contribution in [0.2, 0.25) is 0 Å². The van der Waals surface area contributed by atoms with Gasteiger partial charge in [-0.05, 0) is 50.8 Å². The van der Waals surface area contributed by atoms with Gasteiger partial charge >= 0.3 is 6.09 Å². The van der Waals surface area contributed by atoms with Gasteiger partial charge in [-0.2, -0.15) is 0 Å². The average molecular weight is 512 g/mol. The molecule has 0 bridgehead atoms. The Morgan fingerprint density at radius 1 is 1.14 bits per heavy atom. The van der Waals surface area contributed by atoms with E-state index in [0.717, 1.165) is 18.4 Å². The molecule has 3 aromatic heterocycles.